The third-order valence-electron chi connectivity index (χ3n) is 8.28. The number of benzene rings is 1. The third kappa shape index (κ3) is 1.74. The second-order valence-corrected chi connectivity index (χ2v) is 9.17. The number of carbonyl (C=O) groups excluding carboxylic acids is 1. The summed E-state index contributed by atoms with van der Waals surface area (Å²) in [5.41, 5.74) is 5.67. The van der Waals surface area contributed by atoms with Crippen molar-refractivity contribution < 1.29 is 14.2 Å². The number of nitrogens with zero attached hydrogens (tertiary/aromatic N) is 2. The van der Waals surface area contributed by atoms with E-state index >= 15 is 0 Å². The van der Waals surface area contributed by atoms with Crippen LogP contribution in [0, 0.1) is 17.0 Å². The van der Waals surface area contributed by atoms with Crippen LogP contribution in [0.25, 0.3) is 0 Å². The fraction of sp³-hybridized carbons (Fsp3) is 0.522. The molecular weight excluding hydrogens is 352 g/mol. The Hall–Kier alpha value is -2.11. The number of rotatable bonds is 2. The number of ether oxygens (including phenoxy) is 1. The number of hydrogen-bond acceptors (Lipinski definition) is 4. The minimum absolute atomic E-state index is 0.0263. The molecule has 2 fully saturated rings. The average Bonchev–Trinajstić information content (AvgIpc) is 3.21. The summed E-state index contributed by atoms with van der Waals surface area (Å²) in [7, 11) is 1.46. The SMILES string of the molecule is CC[C@@H]1C[N+]2([O-])CC[C@@]34C5=C(C=C(C(=O)OC)CN5c5ccccc53)[C@H]1C[C@@H]42. The lowest BCUT2D eigenvalue weighted by Crippen LogP contribution is -2.63. The fourth-order valence-corrected chi connectivity index (χ4v) is 7.21. The van der Waals surface area contributed by atoms with Crippen molar-refractivity contribution in [2.75, 3.05) is 31.6 Å². The van der Waals surface area contributed by atoms with Gasteiger partial charge in [0.1, 0.15) is 6.04 Å². The Morgan fingerprint density at radius 1 is 1.39 bits per heavy atom. The monoisotopic (exact) mass is 378 g/mol. The van der Waals surface area contributed by atoms with Gasteiger partial charge < -0.3 is 19.5 Å². The van der Waals surface area contributed by atoms with Gasteiger partial charge in [-0.25, -0.2) is 4.79 Å². The van der Waals surface area contributed by atoms with Crippen LogP contribution in [0.1, 0.15) is 31.7 Å². The van der Waals surface area contributed by atoms with Crippen LogP contribution >= 0.6 is 0 Å². The smallest absolute Gasteiger partial charge is 0.335 e. The first kappa shape index (κ1) is 16.8. The van der Waals surface area contributed by atoms with E-state index < -0.39 is 0 Å². The molecule has 0 saturated carbocycles. The highest BCUT2D eigenvalue weighted by molar-refractivity contribution is 5.92. The quantitative estimate of drug-likeness (QED) is 0.450. The number of allylic oxidation sites excluding steroid dienone is 2. The molecular formula is C23H26N2O3. The van der Waals surface area contributed by atoms with E-state index in [0.29, 0.717) is 31.5 Å². The number of quaternary nitrogens is 1. The van der Waals surface area contributed by atoms with Crippen molar-refractivity contribution in [3.63, 3.8) is 0 Å². The molecule has 5 heteroatoms. The standard InChI is InChI=1S/C23H26N2O3/c1-3-14-13-25(27)9-8-23-18-6-4-5-7-19(18)24-12-15(22(26)28-2)10-17(21(23)24)16(14)11-20(23)25/h4-7,10,14,16,20H,3,8-9,11-13H2,1-2H3/t14-,16+,20+,23-,25?/m1/s1. The fourth-order valence-electron chi connectivity index (χ4n) is 7.21. The molecule has 0 aromatic heterocycles. The Kier molecular flexibility index (Phi) is 3.17. The molecule has 1 aliphatic carbocycles. The largest absolute Gasteiger partial charge is 0.633 e. The maximum Gasteiger partial charge on any atom is 0.335 e. The predicted octanol–water partition coefficient (Wildman–Crippen LogP) is 3.26. The molecule has 0 amide bonds. The van der Waals surface area contributed by atoms with Crippen molar-refractivity contribution in [1.82, 2.24) is 0 Å². The van der Waals surface area contributed by atoms with Gasteiger partial charge in [-0.2, -0.15) is 0 Å². The van der Waals surface area contributed by atoms with Gasteiger partial charge in [-0.1, -0.05) is 25.1 Å². The highest BCUT2D eigenvalue weighted by Crippen LogP contribution is 2.66. The number of hydroxylamine groups is 3. The van der Waals surface area contributed by atoms with E-state index in [1.807, 2.05) is 0 Å². The molecule has 0 N–H and O–H groups in total. The molecule has 1 unspecified atom stereocenters. The van der Waals surface area contributed by atoms with E-state index in [0.717, 1.165) is 24.8 Å². The zero-order valence-corrected chi connectivity index (χ0v) is 16.5. The van der Waals surface area contributed by atoms with Crippen LogP contribution in [0.3, 0.4) is 0 Å². The van der Waals surface area contributed by atoms with Crippen molar-refractivity contribution in [3.05, 3.63) is 58.0 Å². The zero-order valence-electron chi connectivity index (χ0n) is 16.5. The van der Waals surface area contributed by atoms with Crippen LogP contribution in [0.15, 0.2) is 47.2 Å². The summed E-state index contributed by atoms with van der Waals surface area (Å²) >= 11 is 0. The topological polar surface area (TPSA) is 52.6 Å². The molecule has 6 rings (SSSR count). The van der Waals surface area contributed by atoms with E-state index in [-0.39, 0.29) is 22.1 Å². The minimum atomic E-state index is -0.240. The van der Waals surface area contributed by atoms with Crippen LogP contribution in [0.5, 0.6) is 0 Å². The van der Waals surface area contributed by atoms with Crippen molar-refractivity contribution in [3.8, 4) is 0 Å². The van der Waals surface area contributed by atoms with Crippen LogP contribution in [-0.2, 0) is 14.9 Å². The first-order valence-electron chi connectivity index (χ1n) is 10.5. The molecule has 5 nitrogen and oxygen atoms in total. The number of piperidine rings is 1. The molecule has 5 aliphatic rings. The van der Waals surface area contributed by atoms with Gasteiger partial charge in [0.25, 0.3) is 0 Å². The Labute approximate surface area is 165 Å². The first-order valence-corrected chi connectivity index (χ1v) is 10.5. The molecule has 4 heterocycles. The van der Waals surface area contributed by atoms with Crippen molar-refractivity contribution in [1.29, 1.82) is 0 Å². The van der Waals surface area contributed by atoms with Crippen LogP contribution < -0.4 is 4.90 Å². The van der Waals surface area contributed by atoms with Gasteiger partial charge in [-0.05, 0) is 35.6 Å². The first-order chi connectivity index (χ1) is 13.5. The van der Waals surface area contributed by atoms with E-state index in [1.165, 1.54) is 29.6 Å². The van der Waals surface area contributed by atoms with Crippen molar-refractivity contribution in [2.24, 2.45) is 11.8 Å². The summed E-state index contributed by atoms with van der Waals surface area (Å²) < 4.78 is 5.06. The molecule has 0 radical (unpaired) electrons. The van der Waals surface area contributed by atoms with E-state index in [4.69, 9.17) is 4.74 Å². The van der Waals surface area contributed by atoms with Gasteiger partial charge >= 0.3 is 5.97 Å². The summed E-state index contributed by atoms with van der Waals surface area (Å²) in [5, 5.41) is 13.9. The summed E-state index contributed by atoms with van der Waals surface area (Å²) in [6.07, 6.45) is 4.99. The van der Waals surface area contributed by atoms with Gasteiger partial charge in [0.05, 0.1) is 37.7 Å². The molecule has 2 bridgehead atoms. The maximum atomic E-state index is 13.9. The summed E-state index contributed by atoms with van der Waals surface area (Å²) in [6.45, 7) is 4.17. The molecule has 4 aliphatic heterocycles. The van der Waals surface area contributed by atoms with Crippen LogP contribution in [-0.4, -0.2) is 43.4 Å². The lowest BCUT2D eigenvalue weighted by molar-refractivity contribution is -0.905. The van der Waals surface area contributed by atoms with Crippen LogP contribution in [0.2, 0.25) is 0 Å². The number of anilines is 1. The Morgan fingerprint density at radius 2 is 2.21 bits per heavy atom. The highest BCUT2D eigenvalue weighted by Gasteiger charge is 2.68. The van der Waals surface area contributed by atoms with Gasteiger partial charge in [-0.15, -0.1) is 0 Å². The average molecular weight is 378 g/mol. The minimum Gasteiger partial charge on any atom is -0.633 e. The van der Waals surface area contributed by atoms with Gasteiger partial charge in [0.15, 0.2) is 0 Å². The highest BCUT2D eigenvalue weighted by atomic mass is 16.6. The van der Waals surface area contributed by atoms with E-state index in [1.54, 1.807) is 0 Å². The Bertz CT molecular complexity index is 966. The maximum absolute atomic E-state index is 13.9. The summed E-state index contributed by atoms with van der Waals surface area (Å²) in [4.78, 5) is 14.8. The normalized spacial score (nSPS) is 39.5. The van der Waals surface area contributed by atoms with Gasteiger partial charge in [-0.3, -0.25) is 0 Å². The lowest BCUT2D eigenvalue weighted by Gasteiger charge is -2.58. The Balaban J connectivity index is 1.66. The number of carbonyl (C=O) groups is 1. The zero-order chi connectivity index (χ0) is 19.3. The van der Waals surface area contributed by atoms with E-state index in [9.17, 15) is 10.0 Å². The molecule has 1 spiro atoms. The summed E-state index contributed by atoms with van der Waals surface area (Å²) in [5.74, 6) is 0.510. The predicted molar refractivity (Wildman–Crippen MR) is 106 cm³/mol. The third-order valence-corrected chi connectivity index (χ3v) is 8.28. The number of fused-ring (bicyclic) bond motifs is 4. The van der Waals surface area contributed by atoms with Crippen molar-refractivity contribution >= 4 is 11.7 Å². The molecule has 146 valence electrons. The molecule has 28 heavy (non-hydrogen) atoms. The molecule has 2 saturated heterocycles. The Morgan fingerprint density at radius 3 is 3.00 bits per heavy atom. The van der Waals surface area contributed by atoms with E-state index in [2.05, 4.69) is 42.2 Å². The van der Waals surface area contributed by atoms with Gasteiger partial charge in [0.2, 0.25) is 0 Å². The van der Waals surface area contributed by atoms with Crippen LogP contribution in [0.4, 0.5) is 5.69 Å². The second-order valence-electron chi connectivity index (χ2n) is 9.17. The van der Waals surface area contributed by atoms with Crippen molar-refractivity contribution in [2.45, 2.75) is 37.6 Å². The number of methoxy groups -OCH3 is 1. The second kappa shape index (κ2) is 5.28. The number of esters is 1. The van der Waals surface area contributed by atoms with Gasteiger partial charge in [0, 0.05) is 30.1 Å². The molecule has 5 atom stereocenters. The molecule has 1 aromatic carbocycles. The number of hydrogen-bond donors (Lipinski definition) is 0. The number of para-hydroxylation sites is 1. The molecule has 1 aromatic rings. The lowest BCUT2D eigenvalue weighted by atomic mass is 9.59. The summed E-state index contributed by atoms with van der Waals surface area (Å²) in [6, 6.07) is 8.66.